The molecule has 3 N–H and O–H groups in total. The highest BCUT2D eigenvalue weighted by Gasteiger charge is 2.18. The molecular formula is C51H36N12O3. The van der Waals surface area contributed by atoms with Crippen LogP contribution in [0.5, 0.6) is 0 Å². The van der Waals surface area contributed by atoms with Crippen LogP contribution in [0.25, 0.3) is 51.2 Å². The molecule has 0 atom stereocenters. The van der Waals surface area contributed by atoms with Crippen molar-refractivity contribution in [1.82, 2.24) is 44.3 Å². The molecule has 10 aromatic rings. The molecule has 6 aromatic heterocycles. The molecule has 0 aliphatic rings. The van der Waals surface area contributed by atoms with Gasteiger partial charge in [-0.25, -0.2) is 14.0 Å². The van der Waals surface area contributed by atoms with Gasteiger partial charge in [0.2, 0.25) is 0 Å². The van der Waals surface area contributed by atoms with Gasteiger partial charge in [0, 0.05) is 70.9 Å². The molecule has 0 aliphatic carbocycles. The van der Waals surface area contributed by atoms with Crippen molar-refractivity contribution in [3.05, 3.63) is 218 Å². The summed E-state index contributed by atoms with van der Waals surface area (Å²) in [6.45, 7) is 0. The molecule has 66 heavy (non-hydrogen) atoms. The van der Waals surface area contributed by atoms with E-state index < -0.39 is 17.7 Å². The number of benzene rings is 4. The molecule has 0 radical (unpaired) electrons. The number of hydrogen-bond acceptors (Lipinski definition) is 9. The second-order valence-electron chi connectivity index (χ2n) is 14.9. The average molecular weight is 865 g/mol. The fourth-order valence-corrected chi connectivity index (χ4v) is 7.08. The molecule has 4 aromatic carbocycles. The van der Waals surface area contributed by atoms with E-state index in [1.165, 1.54) is 18.2 Å². The number of nitrogens with zero attached hydrogens (tertiary/aromatic N) is 9. The normalized spacial score (nSPS) is 10.9. The lowest BCUT2D eigenvalue weighted by atomic mass is 10.0. The summed E-state index contributed by atoms with van der Waals surface area (Å²) in [6, 6.07) is 48.3. The Morgan fingerprint density at radius 2 is 0.621 bits per heavy atom. The topological polar surface area (TPSA) is 179 Å². The number of rotatable bonds is 12. The Bertz CT molecular complexity index is 2950. The molecule has 0 spiro atoms. The number of nitrogens with one attached hydrogen (secondary N) is 3. The maximum Gasteiger partial charge on any atom is 0.255 e. The Hall–Kier alpha value is -9.63. The van der Waals surface area contributed by atoms with Gasteiger partial charge in [0.05, 0.1) is 34.1 Å². The van der Waals surface area contributed by atoms with Gasteiger partial charge in [-0.2, -0.15) is 15.3 Å². The van der Waals surface area contributed by atoms with E-state index in [9.17, 15) is 14.4 Å². The number of anilines is 3. The second kappa shape index (κ2) is 18.0. The summed E-state index contributed by atoms with van der Waals surface area (Å²) in [7, 11) is 0. The van der Waals surface area contributed by atoms with Gasteiger partial charge in [0.15, 0.2) is 0 Å². The number of carbonyl (C=O) groups excluding carboxylic acids is 3. The second-order valence-corrected chi connectivity index (χ2v) is 14.9. The molecule has 318 valence electrons. The SMILES string of the molecule is O=C(Nc1ccc(-n2ccc(-c3ccccn3)n2)cc1)c1cc(C(=O)Nc2ccc(-n3ccc(-c4ccccn4)n3)cc2)cc(C(=O)Nc2ccc(-n3ccc(-c4ccccn4)n3)cc2)c1. The lowest BCUT2D eigenvalue weighted by Gasteiger charge is -2.12. The van der Waals surface area contributed by atoms with E-state index in [4.69, 9.17) is 0 Å². The summed E-state index contributed by atoms with van der Waals surface area (Å²) in [4.78, 5) is 54.8. The van der Waals surface area contributed by atoms with Crippen LogP contribution in [0, 0.1) is 0 Å². The number of aromatic nitrogens is 9. The molecule has 0 saturated heterocycles. The fraction of sp³-hybridized carbons (Fsp3) is 0. The van der Waals surface area contributed by atoms with Crippen LogP contribution in [-0.2, 0) is 0 Å². The molecule has 0 bridgehead atoms. The van der Waals surface area contributed by atoms with Gasteiger partial charge in [-0.15, -0.1) is 0 Å². The lowest BCUT2D eigenvalue weighted by Crippen LogP contribution is -2.19. The first-order valence-corrected chi connectivity index (χ1v) is 20.7. The van der Waals surface area contributed by atoms with Gasteiger partial charge < -0.3 is 16.0 Å². The third-order valence-electron chi connectivity index (χ3n) is 10.4. The summed E-state index contributed by atoms with van der Waals surface area (Å²) >= 11 is 0. The van der Waals surface area contributed by atoms with Crippen molar-refractivity contribution in [2.45, 2.75) is 0 Å². The number of hydrogen-bond donors (Lipinski definition) is 3. The molecule has 3 amide bonds. The molecule has 10 rings (SSSR count). The predicted octanol–water partition coefficient (Wildman–Crippen LogP) is 9.19. The zero-order chi connectivity index (χ0) is 44.8. The third kappa shape index (κ3) is 8.97. The summed E-state index contributed by atoms with van der Waals surface area (Å²) in [5.74, 6) is -1.57. The van der Waals surface area contributed by atoms with E-state index in [2.05, 4.69) is 46.2 Å². The molecule has 0 unspecified atom stereocenters. The Labute approximate surface area is 377 Å². The summed E-state index contributed by atoms with van der Waals surface area (Å²) in [5, 5.41) is 22.6. The van der Waals surface area contributed by atoms with Crippen LogP contribution in [-0.4, -0.2) is 62.0 Å². The van der Waals surface area contributed by atoms with Crippen molar-refractivity contribution >= 4 is 34.8 Å². The highest BCUT2D eigenvalue weighted by molar-refractivity contribution is 6.13. The minimum Gasteiger partial charge on any atom is -0.322 e. The van der Waals surface area contributed by atoms with Gasteiger partial charge in [0.1, 0.15) is 17.1 Å². The summed E-state index contributed by atoms with van der Waals surface area (Å²) < 4.78 is 5.16. The Kier molecular flexibility index (Phi) is 11.0. The smallest absolute Gasteiger partial charge is 0.255 e. The molecule has 6 heterocycles. The fourth-order valence-electron chi connectivity index (χ4n) is 7.08. The first kappa shape index (κ1) is 40.4. The molecular weight excluding hydrogens is 829 g/mol. The van der Waals surface area contributed by atoms with Gasteiger partial charge in [-0.1, -0.05) is 18.2 Å². The van der Waals surface area contributed by atoms with Crippen LogP contribution in [0.4, 0.5) is 17.1 Å². The van der Waals surface area contributed by atoms with Crippen molar-refractivity contribution in [2.24, 2.45) is 0 Å². The molecule has 0 aliphatic heterocycles. The number of amides is 3. The third-order valence-corrected chi connectivity index (χ3v) is 10.4. The van der Waals surface area contributed by atoms with E-state index in [1.54, 1.807) is 69.0 Å². The van der Waals surface area contributed by atoms with Crippen molar-refractivity contribution in [3.8, 4) is 51.2 Å². The van der Waals surface area contributed by atoms with Crippen molar-refractivity contribution < 1.29 is 14.4 Å². The van der Waals surface area contributed by atoms with Gasteiger partial charge >= 0.3 is 0 Å². The zero-order valence-electron chi connectivity index (χ0n) is 34.8. The minimum atomic E-state index is -0.523. The van der Waals surface area contributed by atoms with Crippen LogP contribution in [0.1, 0.15) is 31.1 Å². The Morgan fingerprint density at radius 1 is 0.333 bits per heavy atom. The maximum atomic E-state index is 13.9. The van der Waals surface area contributed by atoms with Crippen molar-refractivity contribution in [1.29, 1.82) is 0 Å². The highest BCUT2D eigenvalue weighted by atomic mass is 16.2. The molecule has 0 saturated carbocycles. The van der Waals surface area contributed by atoms with Crippen molar-refractivity contribution in [3.63, 3.8) is 0 Å². The lowest BCUT2D eigenvalue weighted by molar-refractivity contribution is 0.102. The summed E-state index contributed by atoms with van der Waals surface area (Å²) in [6.07, 6.45) is 10.6. The van der Waals surface area contributed by atoms with Crippen LogP contribution in [0.2, 0.25) is 0 Å². The Morgan fingerprint density at radius 3 is 0.879 bits per heavy atom. The first-order valence-electron chi connectivity index (χ1n) is 20.7. The van der Waals surface area contributed by atoms with E-state index >= 15 is 0 Å². The van der Waals surface area contributed by atoms with Gasteiger partial charge in [-0.05, 0) is 146 Å². The van der Waals surface area contributed by atoms with E-state index in [-0.39, 0.29) is 16.7 Å². The standard InChI is InChI=1S/C51H36N12O3/c64-49(55-37-10-16-40(17-11-37)61-28-22-46(58-61)43-7-1-4-25-52-43)34-31-35(50(65)56-38-12-18-41(19-13-38)62-29-23-47(59-62)44-8-2-5-26-53-44)33-36(32-34)51(66)57-39-14-20-42(21-15-39)63-30-24-48(60-63)45-9-3-6-27-54-45/h1-33H,(H,55,64)(H,56,65)(H,57,66). The monoisotopic (exact) mass is 864 g/mol. The Balaban J connectivity index is 0.874. The highest BCUT2D eigenvalue weighted by Crippen LogP contribution is 2.23. The van der Waals surface area contributed by atoms with Crippen LogP contribution >= 0.6 is 0 Å². The summed E-state index contributed by atoms with van der Waals surface area (Å²) in [5.41, 5.74) is 8.51. The van der Waals surface area contributed by atoms with Crippen LogP contribution < -0.4 is 16.0 Å². The van der Waals surface area contributed by atoms with E-state index in [0.29, 0.717) is 17.1 Å². The number of carbonyl (C=O) groups is 3. The van der Waals surface area contributed by atoms with Gasteiger partial charge in [0.25, 0.3) is 17.7 Å². The first-order chi connectivity index (χ1) is 32.4. The van der Waals surface area contributed by atoms with Gasteiger partial charge in [-0.3, -0.25) is 29.3 Å². The van der Waals surface area contributed by atoms with E-state index in [0.717, 1.165) is 51.2 Å². The molecule has 15 heteroatoms. The predicted molar refractivity (Wildman–Crippen MR) is 251 cm³/mol. The molecule has 15 nitrogen and oxygen atoms in total. The quantitative estimate of drug-likeness (QED) is 0.108. The average Bonchev–Trinajstić information content (AvgIpc) is 4.19. The van der Waals surface area contributed by atoms with Crippen molar-refractivity contribution in [2.75, 3.05) is 16.0 Å². The van der Waals surface area contributed by atoms with Crippen LogP contribution in [0.15, 0.2) is 201 Å². The number of pyridine rings is 3. The van der Waals surface area contributed by atoms with Crippen LogP contribution in [0.3, 0.4) is 0 Å². The largest absolute Gasteiger partial charge is 0.322 e. The molecule has 0 fully saturated rings. The van der Waals surface area contributed by atoms with E-state index in [1.807, 2.05) is 128 Å². The minimum absolute atomic E-state index is 0.0967. The zero-order valence-corrected chi connectivity index (χ0v) is 34.8. The maximum absolute atomic E-state index is 13.9.